The first-order chi connectivity index (χ1) is 8.61. The zero-order valence-corrected chi connectivity index (χ0v) is 9.71. The average Bonchev–Trinajstić information content (AvgIpc) is 2.38. The van der Waals surface area contributed by atoms with Crippen molar-refractivity contribution in [2.45, 2.75) is 0 Å². The Labute approximate surface area is 102 Å². The molecule has 18 heavy (non-hydrogen) atoms. The second-order valence-electron chi connectivity index (χ2n) is 4.26. The third-order valence-electron chi connectivity index (χ3n) is 3.18. The summed E-state index contributed by atoms with van der Waals surface area (Å²) in [6.07, 6.45) is 1.57. The first kappa shape index (κ1) is 10.7. The second kappa shape index (κ2) is 3.50. The summed E-state index contributed by atoms with van der Waals surface area (Å²) < 4.78 is 1.62. The monoisotopic (exact) mass is 241 g/mol. The first-order valence-corrected chi connectivity index (χ1v) is 5.53. The first-order valence-electron chi connectivity index (χ1n) is 5.53. The molecule has 4 heteroatoms. The SMILES string of the molecule is Cn1ccc(=O)c2c(O)c3ccccc3c(O)c21. The summed E-state index contributed by atoms with van der Waals surface area (Å²) in [5, 5.41) is 21.6. The summed E-state index contributed by atoms with van der Waals surface area (Å²) in [6, 6.07) is 8.28. The highest BCUT2D eigenvalue weighted by atomic mass is 16.3. The quantitative estimate of drug-likeness (QED) is 0.468. The van der Waals surface area contributed by atoms with E-state index in [1.807, 2.05) is 0 Å². The van der Waals surface area contributed by atoms with Crippen LogP contribution >= 0.6 is 0 Å². The van der Waals surface area contributed by atoms with Gasteiger partial charge in [0.05, 0.1) is 10.9 Å². The lowest BCUT2D eigenvalue weighted by Crippen LogP contribution is -2.05. The molecule has 1 heterocycles. The number of aromatic hydroxyl groups is 2. The summed E-state index contributed by atoms with van der Waals surface area (Å²) in [4.78, 5) is 11.9. The summed E-state index contributed by atoms with van der Waals surface area (Å²) in [7, 11) is 1.72. The molecule has 0 aliphatic heterocycles. The number of phenolic OH excluding ortho intramolecular Hbond substituents is 2. The second-order valence-corrected chi connectivity index (χ2v) is 4.26. The number of benzene rings is 2. The third-order valence-corrected chi connectivity index (χ3v) is 3.18. The number of hydrogen-bond donors (Lipinski definition) is 2. The lowest BCUT2D eigenvalue weighted by atomic mass is 10.0. The van der Waals surface area contributed by atoms with Crippen LogP contribution in [0.2, 0.25) is 0 Å². The minimum absolute atomic E-state index is 0.0126. The lowest BCUT2D eigenvalue weighted by molar-refractivity contribution is 0.476. The molecule has 2 N–H and O–H groups in total. The van der Waals surface area contributed by atoms with Crippen molar-refractivity contribution in [2.75, 3.05) is 0 Å². The number of aromatic nitrogens is 1. The molecule has 2 aromatic carbocycles. The van der Waals surface area contributed by atoms with Gasteiger partial charge in [0, 0.05) is 30.1 Å². The molecule has 0 atom stereocenters. The molecule has 0 spiro atoms. The maximum atomic E-state index is 11.9. The highest BCUT2D eigenvalue weighted by molar-refractivity contribution is 6.09. The van der Waals surface area contributed by atoms with Gasteiger partial charge in [-0.05, 0) is 0 Å². The van der Waals surface area contributed by atoms with Crippen molar-refractivity contribution >= 4 is 21.7 Å². The number of rotatable bonds is 0. The summed E-state index contributed by atoms with van der Waals surface area (Å²) in [6.45, 7) is 0. The number of nitrogens with zero attached hydrogens (tertiary/aromatic N) is 1. The van der Waals surface area contributed by atoms with E-state index < -0.39 is 0 Å². The minimum Gasteiger partial charge on any atom is -0.506 e. The van der Waals surface area contributed by atoms with Gasteiger partial charge in [0.1, 0.15) is 11.5 Å². The summed E-state index contributed by atoms with van der Waals surface area (Å²) >= 11 is 0. The van der Waals surface area contributed by atoms with Crippen LogP contribution in [0, 0.1) is 0 Å². The van der Waals surface area contributed by atoms with Crippen LogP contribution in [0.25, 0.3) is 21.7 Å². The van der Waals surface area contributed by atoms with Gasteiger partial charge in [-0.3, -0.25) is 4.79 Å². The van der Waals surface area contributed by atoms with E-state index in [2.05, 4.69) is 0 Å². The Kier molecular flexibility index (Phi) is 2.07. The predicted octanol–water partition coefficient (Wildman–Crippen LogP) is 2.10. The van der Waals surface area contributed by atoms with E-state index in [1.54, 1.807) is 42.1 Å². The molecule has 0 aliphatic carbocycles. The Morgan fingerprint density at radius 3 is 2.28 bits per heavy atom. The van der Waals surface area contributed by atoms with Crippen molar-refractivity contribution in [1.82, 2.24) is 4.57 Å². The molecule has 3 aromatic rings. The van der Waals surface area contributed by atoms with Crippen LogP contribution in [0.15, 0.2) is 41.3 Å². The molecular weight excluding hydrogens is 230 g/mol. The molecule has 90 valence electrons. The highest BCUT2D eigenvalue weighted by Crippen LogP contribution is 2.39. The minimum atomic E-state index is -0.304. The van der Waals surface area contributed by atoms with Crippen molar-refractivity contribution in [1.29, 1.82) is 0 Å². The fourth-order valence-corrected chi connectivity index (χ4v) is 2.30. The van der Waals surface area contributed by atoms with E-state index in [-0.39, 0.29) is 22.3 Å². The van der Waals surface area contributed by atoms with Gasteiger partial charge in [0.2, 0.25) is 0 Å². The average molecular weight is 241 g/mol. The van der Waals surface area contributed by atoms with E-state index in [9.17, 15) is 15.0 Å². The van der Waals surface area contributed by atoms with Gasteiger partial charge in [0.15, 0.2) is 5.43 Å². The smallest absolute Gasteiger partial charge is 0.193 e. The molecule has 0 saturated heterocycles. The van der Waals surface area contributed by atoms with Crippen molar-refractivity contribution in [2.24, 2.45) is 7.05 Å². The van der Waals surface area contributed by atoms with E-state index >= 15 is 0 Å². The van der Waals surface area contributed by atoms with Gasteiger partial charge >= 0.3 is 0 Å². The molecule has 0 fully saturated rings. The molecular formula is C14H11NO3. The van der Waals surface area contributed by atoms with Gasteiger partial charge in [0.25, 0.3) is 0 Å². The predicted molar refractivity (Wildman–Crippen MR) is 70.0 cm³/mol. The van der Waals surface area contributed by atoms with Crippen LogP contribution in [0.4, 0.5) is 0 Å². The van der Waals surface area contributed by atoms with Gasteiger partial charge < -0.3 is 14.8 Å². The molecule has 0 amide bonds. The molecule has 0 aliphatic rings. The lowest BCUT2D eigenvalue weighted by Gasteiger charge is -2.11. The fraction of sp³-hybridized carbons (Fsp3) is 0.0714. The van der Waals surface area contributed by atoms with Crippen LogP contribution in [0.3, 0.4) is 0 Å². The molecule has 0 bridgehead atoms. The maximum Gasteiger partial charge on any atom is 0.193 e. The highest BCUT2D eigenvalue weighted by Gasteiger charge is 2.16. The Morgan fingerprint density at radius 2 is 1.61 bits per heavy atom. The van der Waals surface area contributed by atoms with E-state index in [0.29, 0.717) is 16.3 Å². The zero-order valence-electron chi connectivity index (χ0n) is 9.71. The maximum absolute atomic E-state index is 11.9. The largest absolute Gasteiger partial charge is 0.506 e. The van der Waals surface area contributed by atoms with Crippen molar-refractivity contribution in [3.63, 3.8) is 0 Å². The van der Waals surface area contributed by atoms with Gasteiger partial charge in [-0.15, -0.1) is 0 Å². The number of hydrogen-bond acceptors (Lipinski definition) is 3. The number of phenols is 2. The van der Waals surface area contributed by atoms with Crippen LogP contribution in [-0.2, 0) is 7.05 Å². The molecule has 0 radical (unpaired) electrons. The molecule has 4 nitrogen and oxygen atoms in total. The number of pyridine rings is 1. The molecule has 0 unspecified atom stereocenters. The van der Waals surface area contributed by atoms with Crippen molar-refractivity contribution < 1.29 is 10.2 Å². The summed E-state index contributed by atoms with van der Waals surface area (Å²) in [5.41, 5.74) is 0.0420. The van der Waals surface area contributed by atoms with Crippen LogP contribution in [-0.4, -0.2) is 14.8 Å². The van der Waals surface area contributed by atoms with Crippen LogP contribution in [0.5, 0.6) is 11.5 Å². The van der Waals surface area contributed by atoms with E-state index in [1.165, 1.54) is 6.07 Å². The fourth-order valence-electron chi connectivity index (χ4n) is 2.30. The number of fused-ring (bicyclic) bond motifs is 2. The van der Waals surface area contributed by atoms with E-state index in [4.69, 9.17) is 0 Å². The van der Waals surface area contributed by atoms with E-state index in [0.717, 1.165) is 0 Å². The Hall–Kier alpha value is -2.49. The molecule has 0 saturated carbocycles. The standard InChI is InChI=1S/C14H11NO3/c1-15-7-6-10(16)11-12(15)14(18)9-5-3-2-4-8(9)13(11)17/h2-7,17-18H,1H3. The summed E-state index contributed by atoms with van der Waals surface area (Å²) in [5.74, 6) is -0.0711. The third kappa shape index (κ3) is 1.23. The van der Waals surface area contributed by atoms with Crippen molar-refractivity contribution in [3.05, 3.63) is 46.8 Å². The topological polar surface area (TPSA) is 62.5 Å². The Balaban J connectivity index is 2.76. The van der Waals surface area contributed by atoms with Crippen molar-refractivity contribution in [3.8, 4) is 11.5 Å². The Bertz CT molecular complexity index is 834. The number of aryl methyl sites for hydroxylation is 1. The normalized spacial score (nSPS) is 11.2. The molecule has 1 aromatic heterocycles. The van der Waals surface area contributed by atoms with Crippen LogP contribution < -0.4 is 5.43 Å². The van der Waals surface area contributed by atoms with Crippen LogP contribution in [0.1, 0.15) is 0 Å². The van der Waals surface area contributed by atoms with Gasteiger partial charge in [-0.25, -0.2) is 0 Å². The molecule has 3 rings (SSSR count). The van der Waals surface area contributed by atoms with Gasteiger partial charge in [-0.1, -0.05) is 24.3 Å². The Morgan fingerprint density at radius 1 is 1.00 bits per heavy atom. The zero-order chi connectivity index (χ0) is 12.9. The van der Waals surface area contributed by atoms with Gasteiger partial charge in [-0.2, -0.15) is 0 Å².